The zero-order valence-corrected chi connectivity index (χ0v) is 16.9. The second kappa shape index (κ2) is 9.19. The van der Waals surface area contributed by atoms with Gasteiger partial charge in [0.1, 0.15) is 5.65 Å². The van der Waals surface area contributed by atoms with Gasteiger partial charge < -0.3 is 5.32 Å². The van der Waals surface area contributed by atoms with Gasteiger partial charge in [-0.2, -0.15) is 0 Å². The summed E-state index contributed by atoms with van der Waals surface area (Å²) in [6, 6.07) is 11.8. The summed E-state index contributed by atoms with van der Waals surface area (Å²) in [5.41, 5.74) is 1.57. The third-order valence-electron chi connectivity index (χ3n) is 4.12. The SMILES string of the molecule is CCCN(CC(=O)Nc1ccc(Cl)cc1Cl)Cc1cc(=O)n2ccccc2n1. The summed E-state index contributed by atoms with van der Waals surface area (Å²) in [5.74, 6) is -0.199. The van der Waals surface area contributed by atoms with Crippen LogP contribution in [0.4, 0.5) is 5.69 Å². The van der Waals surface area contributed by atoms with Crippen molar-refractivity contribution in [3.05, 3.63) is 74.8 Å². The Morgan fingerprint density at radius 1 is 1.21 bits per heavy atom. The largest absolute Gasteiger partial charge is 0.324 e. The molecule has 0 aliphatic heterocycles. The van der Waals surface area contributed by atoms with E-state index in [9.17, 15) is 9.59 Å². The summed E-state index contributed by atoms with van der Waals surface area (Å²) in [6.45, 7) is 3.28. The Labute approximate surface area is 172 Å². The topological polar surface area (TPSA) is 66.7 Å². The van der Waals surface area contributed by atoms with E-state index < -0.39 is 0 Å². The molecule has 0 radical (unpaired) electrons. The molecule has 2 aromatic heterocycles. The van der Waals surface area contributed by atoms with Crippen LogP contribution in [0.25, 0.3) is 5.65 Å². The molecule has 0 bridgehead atoms. The molecule has 28 heavy (non-hydrogen) atoms. The number of amides is 1. The van der Waals surface area contributed by atoms with E-state index in [1.54, 1.807) is 36.5 Å². The van der Waals surface area contributed by atoms with Crippen LogP contribution in [-0.2, 0) is 11.3 Å². The molecule has 0 saturated heterocycles. The molecule has 146 valence electrons. The van der Waals surface area contributed by atoms with E-state index in [2.05, 4.69) is 10.3 Å². The summed E-state index contributed by atoms with van der Waals surface area (Å²) >= 11 is 12.0. The summed E-state index contributed by atoms with van der Waals surface area (Å²) < 4.78 is 1.49. The Morgan fingerprint density at radius 2 is 2.04 bits per heavy atom. The Balaban J connectivity index is 1.72. The number of halogens is 2. The Kier molecular flexibility index (Phi) is 6.67. The Bertz CT molecular complexity index is 1050. The first kappa shape index (κ1) is 20.3. The molecule has 0 aliphatic carbocycles. The molecular weight excluding hydrogens is 399 g/mol. The monoisotopic (exact) mass is 418 g/mol. The number of nitrogens with zero attached hydrogens (tertiary/aromatic N) is 3. The van der Waals surface area contributed by atoms with E-state index in [-0.39, 0.29) is 18.0 Å². The molecule has 1 amide bonds. The van der Waals surface area contributed by atoms with Crippen molar-refractivity contribution in [2.75, 3.05) is 18.4 Å². The fourth-order valence-electron chi connectivity index (χ4n) is 2.93. The highest BCUT2D eigenvalue weighted by atomic mass is 35.5. The number of carbonyl (C=O) groups is 1. The smallest absolute Gasteiger partial charge is 0.258 e. The predicted octanol–water partition coefficient (Wildman–Crippen LogP) is 3.85. The fourth-order valence-corrected chi connectivity index (χ4v) is 3.38. The maximum absolute atomic E-state index is 12.5. The van der Waals surface area contributed by atoms with Gasteiger partial charge in [-0.3, -0.25) is 18.9 Å². The molecule has 0 unspecified atom stereocenters. The van der Waals surface area contributed by atoms with Crippen LogP contribution in [0.5, 0.6) is 0 Å². The van der Waals surface area contributed by atoms with Crippen molar-refractivity contribution >= 4 is 40.4 Å². The average molecular weight is 419 g/mol. The minimum absolute atomic E-state index is 0.144. The van der Waals surface area contributed by atoms with E-state index in [4.69, 9.17) is 23.2 Å². The number of pyridine rings is 1. The lowest BCUT2D eigenvalue weighted by Crippen LogP contribution is -2.34. The average Bonchev–Trinajstić information content (AvgIpc) is 2.64. The standard InChI is InChI=1S/C20H20Cl2N4O2/c1-2-8-25(13-19(27)24-17-7-6-14(21)10-16(17)22)12-15-11-20(28)26-9-4-3-5-18(26)23-15/h3-7,9-11H,2,8,12-13H2,1H3,(H,24,27). The van der Waals surface area contributed by atoms with Gasteiger partial charge in [-0.15, -0.1) is 0 Å². The normalized spacial score (nSPS) is 11.1. The first-order chi connectivity index (χ1) is 13.5. The lowest BCUT2D eigenvalue weighted by atomic mass is 10.3. The van der Waals surface area contributed by atoms with E-state index in [1.807, 2.05) is 17.9 Å². The highest BCUT2D eigenvalue weighted by Crippen LogP contribution is 2.25. The molecule has 0 saturated carbocycles. The number of carbonyl (C=O) groups excluding carboxylic acids is 1. The van der Waals surface area contributed by atoms with Gasteiger partial charge >= 0.3 is 0 Å². The molecule has 0 atom stereocenters. The molecule has 8 heteroatoms. The first-order valence-electron chi connectivity index (χ1n) is 8.91. The van der Waals surface area contributed by atoms with Crippen LogP contribution in [0, 0.1) is 0 Å². The van der Waals surface area contributed by atoms with Gasteiger partial charge in [-0.05, 0) is 43.3 Å². The van der Waals surface area contributed by atoms with Crippen LogP contribution in [0.1, 0.15) is 19.0 Å². The van der Waals surface area contributed by atoms with E-state index >= 15 is 0 Å². The Morgan fingerprint density at radius 3 is 2.79 bits per heavy atom. The van der Waals surface area contributed by atoms with Gasteiger partial charge in [-0.25, -0.2) is 4.98 Å². The van der Waals surface area contributed by atoms with Gasteiger partial charge in [0.2, 0.25) is 5.91 Å². The van der Waals surface area contributed by atoms with Crippen LogP contribution < -0.4 is 10.9 Å². The minimum atomic E-state index is -0.199. The summed E-state index contributed by atoms with van der Waals surface area (Å²) in [6.07, 6.45) is 2.54. The predicted molar refractivity (Wildman–Crippen MR) is 112 cm³/mol. The van der Waals surface area contributed by atoms with Crippen LogP contribution in [-0.4, -0.2) is 33.3 Å². The second-order valence-corrected chi connectivity index (χ2v) is 7.24. The van der Waals surface area contributed by atoms with Crippen molar-refractivity contribution in [3.63, 3.8) is 0 Å². The van der Waals surface area contributed by atoms with Gasteiger partial charge in [-0.1, -0.05) is 36.2 Å². The molecule has 1 N–H and O–H groups in total. The number of hydrogen-bond acceptors (Lipinski definition) is 4. The van der Waals surface area contributed by atoms with Crippen molar-refractivity contribution in [2.45, 2.75) is 19.9 Å². The van der Waals surface area contributed by atoms with Crippen molar-refractivity contribution in [1.82, 2.24) is 14.3 Å². The number of hydrogen-bond donors (Lipinski definition) is 1. The highest BCUT2D eigenvalue weighted by molar-refractivity contribution is 6.36. The van der Waals surface area contributed by atoms with Crippen molar-refractivity contribution < 1.29 is 4.79 Å². The number of benzene rings is 1. The van der Waals surface area contributed by atoms with E-state index in [0.29, 0.717) is 40.2 Å². The summed E-state index contributed by atoms with van der Waals surface area (Å²) in [7, 11) is 0. The van der Waals surface area contributed by atoms with E-state index in [1.165, 1.54) is 10.5 Å². The fraction of sp³-hybridized carbons (Fsp3) is 0.250. The maximum Gasteiger partial charge on any atom is 0.258 e. The maximum atomic E-state index is 12.5. The van der Waals surface area contributed by atoms with Crippen LogP contribution in [0.3, 0.4) is 0 Å². The molecule has 6 nitrogen and oxygen atoms in total. The molecular formula is C20H20Cl2N4O2. The molecule has 0 fully saturated rings. The van der Waals surface area contributed by atoms with Gasteiger partial charge in [0.25, 0.3) is 5.56 Å². The molecule has 3 aromatic rings. The molecule has 2 heterocycles. The van der Waals surface area contributed by atoms with Crippen molar-refractivity contribution in [2.24, 2.45) is 0 Å². The number of rotatable bonds is 7. The van der Waals surface area contributed by atoms with Gasteiger partial charge in [0.05, 0.1) is 22.9 Å². The van der Waals surface area contributed by atoms with Crippen LogP contribution >= 0.6 is 23.2 Å². The van der Waals surface area contributed by atoms with Crippen molar-refractivity contribution in [1.29, 1.82) is 0 Å². The lowest BCUT2D eigenvalue weighted by Gasteiger charge is -2.21. The number of nitrogens with one attached hydrogen (secondary N) is 1. The molecule has 0 aliphatic rings. The number of anilines is 1. The third kappa shape index (κ3) is 5.10. The number of fused-ring (bicyclic) bond motifs is 1. The highest BCUT2D eigenvalue weighted by Gasteiger charge is 2.14. The minimum Gasteiger partial charge on any atom is -0.324 e. The Hall–Kier alpha value is -2.41. The molecule has 3 rings (SSSR count). The lowest BCUT2D eigenvalue weighted by molar-refractivity contribution is -0.117. The number of aromatic nitrogens is 2. The zero-order valence-electron chi connectivity index (χ0n) is 15.4. The summed E-state index contributed by atoms with van der Waals surface area (Å²) in [4.78, 5) is 31.2. The third-order valence-corrected chi connectivity index (χ3v) is 4.67. The summed E-state index contributed by atoms with van der Waals surface area (Å²) in [5, 5.41) is 3.68. The first-order valence-corrected chi connectivity index (χ1v) is 9.66. The van der Waals surface area contributed by atoms with Gasteiger partial charge in [0.15, 0.2) is 0 Å². The zero-order chi connectivity index (χ0) is 20.1. The molecule has 1 aromatic carbocycles. The van der Waals surface area contributed by atoms with Crippen LogP contribution in [0.2, 0.25) is 10.0 Å². The quantitative estimate of drug-likeness (QED) is 0.632. The van der Waals surface area contributed by atoms with Gasteiger partial charge in [0, 0.05) is 23.8 Å². The van der Waals surface area contributed by atoms with E-state index in [0.717, 1.165) is 6.42 Å². The van der Waals surface area contributed by atoms with Crippen molar-refractivity contribution in [3.8, 4) is 0 Å². The molecule has 0 spiro atoms. The second-order valence-electron chi connectivity index (χ2n) is 6.40. The van der Waals surface area contributed by atoms with Crippen LogP contribution in [0.15, 0.2) is 53.5 Å².